The fourth-order valence-electron chi connectivity index (χ4n) is 2.58. The highest BCUT2D eigenvalue weighted by Crippen LogP contribution is 2.40. The Labute approximate surface area is 114 Å². The number of carbonyl (C=O) groups is 1. The van der Waals surface area contributed by atoms with Crippen molar-refractivity contribution in [2.24, 2.45) is 5.73 Å². The highest BCUT2D eigenvalue weighted by Gasteiger charge is 2.37. The lowest BCUT2D eigenvalue weighted by Crippen LogP contribution is -2.45. The van der Waals surface area contributed by atoms with Crippen molar-refractivity contribution in [3.8, 4) is 0 Å². The number of benzene rings is 1. The van der Waals surface area contributed by atoms with Gasteiger partial charge in [-0.1, -0.05) is 6.92 Å². The van der Waals surface area contributed by atoms with Gasteiger partial charge in [0.1, 0.15) is 0 Å². The van der Waals surface area contributed by atoms with Crippen LogP contribution in [0.1, 0.15) is 36.9 Å². The van der Waals surface area contributed by atoms with E-state index in [2.05, 4.69) is 0 Å². The van der Waals surface area contributed by atoms with Crippen molar-refractivity contribution in [1.82, 2.24) is 0 Å². The molecule has 0 radical (unpaired) electrons. The van der Waals surface area contributed by atoms with Gasteiger partial charge in [0.15, 0.2) is 0 Å². The van der Waals surface area contributed by atoms with Gasteiger partial charge in [0.2, 0.25) is 0 Å². The summed E-state index contributed by atoms with van der Waals surface area (Å²) in [5.41, 5.74) is 5.56. The van der Waals surface area contributed by atoms with Crippen LogP contribution in [0.5, 0.6) is 0 Å². The van der Waals surface area contributed by atoms with E-state index in [0.717, 1.165) is 17.0 Å². The van der Waals surface area contributed by atoms with Gasteiger partial charge in [0, 0.05) is 12.1 Å². The summed E-state index contributed by atoms with van der Waals surface area (Å²) >= 11 is 0. The summed E-state index contributed by atoms with van der Waals surface area (Å²) in [6.07, 6.45) is -4.77. The smallest absolute Gasteiger partial charge is 0.416 e. The molecule has 3 N–H and O–H groups in total. The molecule has 110 valence electrons. The van der Waals surface area contributed by atoms with E-state index >= 15 is 0 Å². The minimum absolute atomic E-state index is 0.229. The van der Waals surface area contributed by atoms with Gasteiger partial charge in [-0.25, -0.2) is 4.79 Å². The Morgan fingerprint density at radius 3 is 2.65 bits per heavy atom. The Hall–Kier alpha value is -1.76. The van der Waals surface area contributed by atoms with Crippen LogP contribution in [0.15, 0.2) is 18.2 Å². The molecule has 1 aliphatic rings. The molecule has 0 bridgehead atoms. The van der Waals surface area contributed by atoms with Gasteiger partial charge in [0.05, 0.1) is 11.3 Å². The molecule has 2 atom stereocenters. The zero-order chi connectivity index (χ0) is 15.1. The second-order valence-corrected chi connectivity index (χ2v) is 4.83. The molecule has 4 nitrogen and oxygen atoms in total. The van der Waals surface area contributed by atoms with Crippen LogP contribution in [0.4, 0.5) is 23.7 Å². The summed E-state index contributed by atoms with van der Waals surface area (Å²) in [6, 6.07) is 2.12. The molecule has 1 heterocycles. The zero-order valence-electron chi connectivity index (χ0n) is 10.8. The van der Waals surface area contributed by atoms with E-state index < -0.39 is 23.9 Å². The van der Waals surface area contributed by atoms with Crippen molar-refractivity contribution < 1.29 is 23.1 Å². The van der Waals surface area contributed by atoms with Crippen LogP contribution in [0.3, 0.4) is 0 Å². The quantitative estimate of drug-likeness (QED) is 0.832. The number of hydrogen-bond donors (Lipinski definition) is 2. The van der Waals surface area contributed by atoms with E-state index in [0.29, 0.717) is 12.8 Å². The first-order valence-electron chi connectivity index (χ1n) is 6.24. The molecule has 0 aromatic heterocycles. The van der Waals surface area contributed by atoms with Gasteiger partial charge in [0.25, 0.3) is 0 Å². The average molecular weight is 288 g/mol. The molecule has 2 rings (SSSR count). The molecule has 1 aromatic carbocycles. The Morgan fingerprint density at radius 2 is 2.15 bits per heavy atom. The van der Waals surface area contributed by atoms with Crippen molar-refractivity contribution in [2.75, 3.05) is 4.90 Å². The minimum Gasteiger partial charge on any atom is -0.465 e. The SMILES string of the molecule is CC[C@@H]1C[C@H](N)c2cc(C(F)(F)F)ccc2N1C(=O)O. The van der Waals surface area contributed by atoms with Crippen molar-refractivity contribution in [3.63, 3.8) is 0 Å². The van der Waals surface area contributed by atoms with Gasteiger partial charge in [-0.3, -0.25) is 4.90 Å². The van der Waals surface area contributed by atoms with Crippen molar-refractivity contribution in [3.05, 3.63) is 29.3 Å². The molecule has 0 saturated carbocycles. The first kappa shape index (κ1) is 14.6. The second-order valence-electron chi connectivity index (χ2n) is 4.83. The van der Waals surface area contributed by atoms with Gasteiger partial charge >= 0.3 is 12.3 Å². The highest BCUT2D eigenvalue weighted by atomic mass is 19.4. The van der Waals surface area contributed by atoms with Crippen LogP contribution in [-0.4, -0.2) is 17.2 Å². The van der Waals surface area contributed by atoms with E-state index in [1.54, 1.807) is 0 Å². The Kier molecular flexibility index (Phi) is 3.64. The molecule has 0 fully saturated rings. The monoisotopic (exact) mass is 288 g/mol. The fraction of sp³-hybridized carbons (Fsp3) is 0.462. The summed E-state index contributed by atoms with van der Waals surface area (Å²) < 4.78 is 38.1. The normalized spacial score (nSPS) is 22.6. The maximum atomic E-state index is 12.7. The minimum atomic E-state index is -4.47. The lowest BCUT2D eigenvalue weighted by Gasteiger charge is -2.38. The van der Waals surface area contributed by atoms with Gasteiger partial charge < -0.3 is 10.8 Å². The summed E-state index contributed by atoms with van der Waals surface area (Å²) in [4.78, 5) is 12.4. The number of nitrogens with zero attached hydrogens (tertiary/aromatic N) is 1. The van der Waals surface area contributed by atoms with E-state index in [1.165, 1.54) is 6.07 Å². The fourth-order valence-corrected chi connectivity index (χ4v) is 2.58. The topological polar surface area (TPSA) is 66.6 Å². The van der Waals surface area contributed by atoms with Gasteiger partial charge in [-0.15, -0.1) is 0 Å². The molecule has 7 heteroatoms. The van der Waals surface area contributed by atoms with E-state index in [-0.39, 0.29) is 17.3 Å². The number of alkyl halides is 3. The number of amides is 1. The number of halogens is 3. The number of carboxylic acid groups (broad SMARTS) is 1. The molecule has 0 unspecified atom stereocenters. The number of anilines is 1. The zero-order valence-corrected chi connectivity index (χ0v) is 10.8. The Morgan fingerprint density at radius 1 is 1.50 bits per heavy atom. The van der Waals surface area contributed by atoms with Crippen LogP contribution in [-0.2, 0) is 6.18 Å². The molecule has 0 aliphatic carbocycles. The van der Waals surface area contributed by atoms with Crippen molar-refractivity contribution in [1.29, 1.82) is 0 Å². The molecular formula is C13H15F3N2O2. The highest BCUT2D eigenvalue weighted by molar-refractivity contribution is 5.89. The van der Waals surface area contributed by atoms with Crippen LogP contribution in [0.25, 0.3) is 0 Å². The van der Waals surface area contributed by atoms with Gasteiger partial charge in [-0.2, -0.15) is 13.2 Å². The van der Waals surface area contributed by atoms with E-state index in [1.807, 2.05) is 6.92 Å². The summed E-state index contributed by atoms with van der Waals surface area (Å²) in [5.74, 6) is 0. The van der Waals surface area contributed by atoms with E-state index in [4.69, 9.17) is 5.73 Å². The third kappa shape index (κ3) is 2.45. The average Bonchev–Trinajstić information content (AvgIpc) is 2.36. The van der Waals surface area contributed by atoms with Crippen LogP contribution in [0.2, 0.25) is 0 Å². The Balaban J connectivity index is 2.54. The molecular weight excluding hydrogens is 273 g/mol. The van der Waals surface area contributed by atoms with Crippen LogP contribution >= 0.6 is 0 Å². The molecule has 1 aliphatic heterocycles. The lowest BCUT2D eigenvalue weighted by atomic mass is 9.89. The van der Waals surface area contributed by atoms with Crippen molar-refractivity contribution in [2.45, 2.75) is 38.0 Å². The Bertz CT molecular complexity index is 531. The third-order valence-electron chi connectivity index (χ3n) is 3.58. The molecule has 1 amide bonds. The molecule has 0 spiro atoms. The number of nitrogens with two attached hydrogens (primary N) is 1. The number of hydrogen-bond acceptors (Lipinski definition) is 2. The lowest BCUT2D eigenvalue weighted by molar-refractivity contribution is -0.137. The number of rotatable bonds is 1. The van der Waals surface area contributed by atoms with E-state index in [9.17, 15) is 23.1 Å². The van der Waals surface area contributed by atoms with Crippen LogP contribution in [0, 0.1) is 0 Å². The maximum Gasteiger partial charge on any atom is 0.416 e. The predicted molar refractivity (Wildman–Crippen MR) is 67.6 cm³/mol. The number of fused-ring (bicyclic) bond motifs is 1. The van der Waals surface area contributed by atoms with Crippen molar-refractivity contribution >= 4 is 11.8 Å². The summed E-state index contributed by atoms with van der Waals surface area (Å²) in [6.45, 7) is 1.82. The second kappa shape index (κ2) is 4.97. The largest absolute Gasteiger partial charge is 0.465 e. The van der Waals surface area contributed by atoms with Gasteiger partial charge in [-0.05, 0) is 36.6 Å². The first-order chi connectivity index (χ1) is 9.25. The standard InChI is InChI=1S/C13H15F3N2O2/c1-2-8-6-10(17)9-5-7(13(14,15)16)3-4-11(9)18(8)12(19)20/h3-5,8,10H,2,6,17H2,1H3,(H,19,20)/t8-,10+/m1/s1. The third-order valence-corrected chi connectivity index (χ3v) is 3.58. The molecule has 20 heavy (non-hydrogen) atoms. The maximum absolute atomic E-state index is 12.7. The first-order valence-corrected chi connectivity index (χ1v) is 6.24. The molecule has 0 saturated heterocycles. The molecule has 1 aromatic rings. The predicted octanol–water partition coefficient (Wildman–Crippen LogP) is 3.37. The summed E-state index contributed by atoms with van der Waals surface area (Å²) in [5, 5.41) is 9.26. The summed E-state index contributed by atoms with van der Waals surface area (Å²) in [7, 11) is 0. The van der Waals surface area contributed by atoms with Crippen LogP contribution < -0.4 is 10.6 Å².